The van der Waals surface area contributed by atoms with Crippen LogP contribution in [0.2, 0.25) is 0 Å². The van der Waals surface area contributed by atoms with E-state index in [-0.39, 0.29) is 5.91 Å². The van der Waals surface area contributed by atoms with Crippen LogP contribution in [-0.2, 0) is 11.2 Å². The van der Waals surface area contributed by atoms with Gasteiger partial charge in [-0.3, -0.25) is 4.79 Å². The van der Waals surface area contributed by atoms with Crippen LogP contribution in [0.1, 0.15) is 55.7 Å². The zero-order chi connectivity index (χ0) is 13.8. The first-order valence-electron chi connectivity index (χ1n) is 7.93. The van der Waals surface area contributed by atoms with Gasteiger partial charge in [0.15, 0.2) is 0 Å². The quantitative estimate of drug-likeness (QED) is 0.885. The fourth-order valence-corrected chi connectivity index (χ4v) is 3.51. The van der Waals surface area contributed by atoms with Gasteiger partial charge in [-0.2, -0.15) is 0 Å². The van der Waals surface area contributed by atoms with Gasteiger partial charge < -0.3 is 10.6 Å². The number of carbonyl (C=O) groups is 1. The van der Waals surface area contributed by atoms with Crippen molar-refractivity contribution in [3.63, 3.8) is 0 Å². The molecule has 0 heterocycles. The Bertz CT molecular complexity index is 466. The van der Waals surface area contributed by atoms with Crippen LogP contribution in [0.15, 0.2) is 24.3 Å². The molecule has 2 aliphatic carbocycles. The number of fused-ring (bicyclic) bond motifs is 1. The molecule has 1 amide bonds. The Morgan fingerprint density at radius 1 is 1.10 bits per heavy atom. The van der Waals surface area contributed by atoms with Crippen molar-refractivity contribution in [2.45, 2.75) is 57.0 Å². The predicted octanol–water partition coefficient (Wildman–Crippen LogP) is 2.71. The van der Waals surface area contributed by atoms with Crippen molar-refractivity contribution in [3.05, 3.63) is 35.4 Å². The molecule has 2 aliphatic rings. The molecule has 0 aliphatic heterocycles. The second kappa shape index (κ2) is 6.40. The Morgan fingerprint density at radius 3 is 2.75 bits per heavy atom. The smallest absolute Gasteiger partial charge is 0.234 e. The van der Waals surface area contributed by atoms with Gasteiger partial charge in [0.1, 0.15) is 0 Å². The fraction of sp³-hybridized carbons (Fsp3) is 0.588. The molecule has 0 aromatic heterocycles. The van der Waals surface area contributed by atoms with Crippen molar-refractivity contribution in [1.29, 1.82) is 0 Å². The minimum Gasteiger partial charge on any atom is -0.352 e. The van der Waals surface area contributed by atoms with Crippen molar-refractivity contribution in [2.75, 3.05) is 6.54 Å². The monoisotopic (exact) mass is 272 g/mol. The summed E-state index contributed by atoms with van der Waals surface area (Å²) in [7, 11) is 0. The average Bonchev–Trinajstić information content (AvgIpc) is 2.89. The lowest BCUT2D eigenvalue weighted by Gasteiger charge is -2.23. The molecule has 3 nitrogen and oxygen atoms in total. The maximum absolute atomic E-state index is 12.0. The second-order valence-corrected chi connectivity index (χ2v) is 6.07. The fourth-order valence-electron chi connectivity index (χ4n) is 3.51. The van der Waals surface area contributed by atoms with E-state index < -0.39 is 0 Å². The number of hydrogen-bond acceptors (Lipinski definition) is 2. The lowest BCUT2D eigenvalue weighted by molar-refractivity contribution is -0.121. The lowest BCUT2D eigenvalue weighted by Crippen LogP contribution is -2.41. The highest BCUT2D eigenvalue weighted by Crippen LogP contribution is 2.30. The van der Waals surface area contributed by atoms with Gasteiger partial charge in [-0.15, -0.1) is 0 Å². The molecule has 1 aromatic rings. The number of benzene rings is 1. The van der Waals surface area contributed by atoms with Gasteiger partial charge in [0.05, 0.1) is 6.54 Å². The van der Waals surface area contributed by atoms with E-state index in [1.807, 2.05) is 0 Å². The highest BCUT2D eigenvalue weighted by atomic mass is 16.1. The van der Waals surface area contributed by atoms with E-state index in [1.165, 1.54) is 30.4 Å². The number of aryl methyl sites for hydroxylation is 1. The van der Waals surface area contributed by atoms with E-state index in [1.54, 1.807) is 0 Å². The van der Waals surface area contributed by atoms with Crippen molar-refractivity contribution in [2.24, 2.45) is 0 Å². The van der Waals surface area contributed by atoms with Gasteiger partial charge in [-0.05, 0) is 36.8 Å². The minimum atomic E-state index is 0.154. The molecule has 108 valence electrons. The number of rotatable bonds is 4. The Balaban J connectivity index is 1.46. The van der Waals surface area contributed by atoms with Gasteiger partial charge in [-0.25, -0.2) is 0 Å². The standard InChI is InChI=1S/C17H24N2O/c20-17(19-14-7-2-1-3-8-14)12-18-16-11-10-13-6-4-5-9-15(13)16/h4-6,9,14,16,18H,1-3,7-8,10-12H2,(H,19,20). The molecule has 1 atom stereocenters. The summed E-state index contributed by atoms with van der Waals surface area (Å²) in [6.45, 7) is 0.440. The largest absolute Gasteiger partial charge is 0.352 e. The second-order valence-electron chi connectivity index (χ2n) is 6.07. The van der Waals surface area contributed by atoms with Crippen LogP contribution in [0.5, 0.6) is 0 Å². The van der Waals surface area contributed by atoms with Crippen molar-refractivity contribution < 1.29 is 4.79 Å². The Hall–Kier alpha value is -1.35. The summed E-state index contributed by atoms with van der Waals surface area (Å²) in [5.74, 6) is 0.154. The highest BCUT2D eigenvalue weighted by Gasteiger charge is 2.22. The van der Waals surface area contributed by atoms with Gasteiger partial charge >= 0.3 is 0 Å². The first-order valence-corrected chi connectivity index (χ1v) is 7.93. The molecule has 2 N–H and O–H groups in total. The molecule has 20 heavy (non-hydrogen) atoms. The Kier molecular flexibility index (Phi) is 4.36. The lowest BCUT2D eigenvalue weighted by atomic mass is 9.95. The highest BCUT2D eigenvalue weighted by molar-refractivity contribution is 5.78. The molecule has 0 bridgehead atoms. The Morgan fingerprint density at radius 2 is 1.90 bits per heavy atom. The maximum Gasteiger partial charge on any atom is 0.234 e. The zero-order valence-corrected chi connectivity index (χ0v) is 12.0. The topological polar surface area (TPSA) is 41.1 Å². The summed E-state index contributed by atoms with van der Waals surface area (Å²) < 4.78 is 0. The normalized spacial score (nSPS) is 22.5. The third kappa shape index (κ3) is 3.21. The van der Waals surface area contributed by atoms with Crippen LogP contribution >= 0.6 is 0 Å². The molecule has 1 unspecified atom stereocenters. The van der Waals surface area contributed by atoms with E-state index in [0.29, 0.717) is 18.6 Å². The van der Waals surface area contributed by atoms with E-state index in [0.717, 1.165) is 25.7 Å². The molecule has 1 fully saturated rings. The van der Waals surface area contributed by atoms with E-state index in [9.17, 15) is 4.79 Å². The zero-order valence-electron chi connectivity index (χ0n) is 12.0. The van der Waals surface area contributed by atoms with Gasteiger partial charge in [0.25, 0.3) is 0 Å². The third-order valence-electron chi connectivity index (χ3n) is 4.61. The van der Waals surface area contributed by atoms with Crippen LogP contribution in [-0.4, -0.2) is 18.5 Å². The molecule has 3 heteroatoms. The first-order chi connectivity index (χ1) is 9.83. The van der Waals surface area contributed by atoms with Gasteiger partial charge in [0, 0.05) is 12.1 Å². The van der Waals surface area contributed by atoms with Crippen molar-refractivity contribution >= 4 is 5.91 Å². The molecule has 0 radical (unpaired) electrons. The number of nitrogens with one attached hydrogen (secondary N) is 2. The predicted molar refractivity (Wildman–Crippen MR) is 80.5 cm³/mol. The summed E-state index contributed by atoms with van der Waals surface area (Å²) in [4.78, 5) is 12.0. The minimum absolute atomic E-state index is 0.154. The first kappa shape index (κ1) is 13.6. The average molecular weight is 272 g/mol. The molecule has 1 aromatic carbocycles. The van der Waals surface area contributed by atoms with Crippen LogP contribution in [0.3, 0.4) is 0 Å². The van der Waals surface area contributed by atoms with E-state index >= 15 is 0 Å². The number of hydrogen-bond donors (Lipinski definition) is 2. The van der Waals surface area contributed by atoms with Crippen LogP contribution < -0.4 is 10.6 Å². The molecule has 3 rings (SSSR count). The summed E-state index contributed by atoms with van der Waals surface area (Å²) >= 11 is 0. The maximum atomic E-state index is 12.0. The summed E-state index contributed by atoms with van der Waals surface area (Å²) in [6.07, 6.45) is 8.37. The third-order valence-corrected chi connectivity index (χ3v) is 4.61. The molecule has 1 saturated carbocycles. The summed E-state index contributed by atoms with van der Waals surface area (Å²) in [5.41, 5.74) is 2.80. The SMILES string of the molecule is O=C(CNC1CCc2ccccc21)NC1CCCCC1. The van der Waals surface area contributed by atoms with Crippen molar-refractivity contribution in [1.82, 2.24) is 10.6 Å². The summed E-state index contributed by atoms with van der Waals surface area (Å²) in [5, 5.41) is 6.58. The Labute approximate surface area is 121 Å². The van der Waals surface area contributed by atoms with E-state index in [2.05, 4.69) is 34.9 Å². The van der Waals surface area contributed by atoms with Crippen LogP contribution in [0.25, 0.3) is 0 Å². The summed E-state index contributed by atoms with van der Waals surface area (Å²) in [6, 6.07) is 9.31. The van der Waals surface area contributed by atoms with Crippen molar-refractivity contribution in [3.8, 4) is 0 Å². The van der Waals surface area contributed by atoms with Gasteiger partial charge in [0.2, 0.25) is 5.91 Å². The number of carbonyl (C=O) groups excluding carboxylic acids is 1. The molecular weight excluding hydrogens is 248 g/mol. The van der Waals surface area contributed by atoms with Crippen LogP contribution in [0, 0.1) is 0 Å². The molecule has 0 spiro atoms. The van der Waals surface area contributed by atoms with Crippen LogP contribution in [0.4, 0.5) is 0 Å². The van der Waals surface area contributed by atoms with Gasteiger partial charge in [-0.1, -0.05) is 43.5 Å². The molecule has 0 saturated heterocycles. The number of amides is 1. The molecular formula is C17H24N2O. The van der Waals surface area contributed by atoms with E-state index in [4.69, 9.17) is 0 Å².